The predicted octanol–water partition coefficient (Wildman–Crippen LogP) is 5.05. The van der Waals surface area contributed by atoms with Gasteiger partial charge in [0.05, 0.1) is 16.7 Å². The minimum Gasteiger partial charge on any atom is -0.477 e. The van der Waals surface area contributed by atoms with Crippen molar-refractivity contribution in [3.05, 3.63) is 84.2 Å². The van der Waals surface area contributed by atoms with Crippen LogP contribution in [0, 0.1) is 11.9 Å². The van der Waals surface area contributed by atoms with Crippen LogP contribution in [0.2, 0.25) is 0 Å². The third-order valence-electron chi connectivity index (χ3n) is 4.66. The first kappa shape index (κ1) is 23.4. The second-order valence-corrected chi connectivity index (χ2v) is 8.04. The summed E-state index contributed by atoms with van der Waals surface area (Å²) in [6, 6.07) is 18.5. The van der Waals surface area contributed by atoms with Crippen molar-refractivity contribution in [1.82, 2.24) is 19.4 Å². The molecular weight excluding hydrogens is 588 g/mol. The maximum atomic E-state index is 13.6. The summed E-state index contributed by atoms with van der Waals surface area (Å²) in [7, 11) is 0. The van der Waals surface area contributed by atoms with Gasteiger partial charge in [-0.3, -0.25) is 14.4 Å². The summed E-state index contributed by atoms with van der Waals surface area (Å²) in [6.07, 6.45) is 1.45. The van der Waals surface area contributed by atoms with Crippen LogP contribution in [0.15, 0.2) is 60.8 Å². The molecule has 165 valence electrons. The van der Waals surface area contributed by atoms with Gasteiger partial charge in [0.2, 0.25) is 0 Å². The number of rotatable bonds is 1. The number of halogens is 1. The Morgan fingerprint density at radius 1 is 1.06 bits per heavy atom. The number of para-hydroxylation sites is 2. The molecule has 1 radical (unpaired) electrons. The van der Waals surface area contributed by atoms with Crippen LogP contribution >= 0.6 is 0 Å². The number of aromatic nitrogens is 4. The number of carbonyl (C=O) groups is 1. The van der Waals surface area contributed by atoms with Gasteiger partial charge in [0, 0.05) is 37.5 Å². The fraction of sp³-hybridized carbons (Fsp3) is 0.167. The molecule has 0 amide bonds. The standard InChI is InChI=1S/C18H15FN3.C6H5NO2.Ir/c1-18(2,3)17-21-14-10-11(19)8-9-12(14)16-20-13-6-4-5-7-15(13)22(16)17;8-6(9)5-3-1-2-4-7-5;/h4-8,10H,1-3H3;1-4H,(H,8,9);/q-1;;. The Labute approximate surface area is 197 Å². The van der Waals surface area contributed by atoms with Crippen LogP contribution in [0.5, 0.6) is 0 Å². The first-order valence-corrected chi connectivity index (χ1v) is 9.68. The van der Waals surface area contributed by atoms with Gasteiger partial charge in [0.15, 0.2) is 0 Å². The minimum absolute atomic E-state index is 0. The van der Waals surface area contributed by atoms with E-state index in [4.69, 9.17) is 15.1 Å². The minimum atomic E-state index is -0.990. The number of hydrogen-bond donors (Lipinski definition) is 1. The third kappa shape index (κ3) is 4.52. The zero-order valence-electron chi connectivity index (χ0n) is 17.6. The predicted molar refractivity (Wildman–Crippen MR) is 117 cm³/mol. The number of carboxylic acid groups (broad SMARTS) is 1. The van der Waals surface area contributed by atoms with Gasteiger partial charge in [-0.2, -0.15) is 0 Å². The Bertz CT molecular complexity index is 1410. The molecule has 0 bridgehead atoms. The van der Waals surface area contributed by atoms with Crippen LogP contribution in [-0.2, 0) is 25.5 Å². The molecule has 6 nitrogen and oxygen atoms in total. The molecule has 0 aliphatic carbocycles. The summed E-state index contributed by atoms with van der Waals surface area (Å²) in [5, 5.41) is 9.06. The van der Waals surface area contributed by atoms with E-state index in [2.05, 4.69) is 36.2 Å². The van der Waals surface area contributed by atoms with E-state index in [1.54, 1.807) is 12.1 Å². The maximum Gasteiger partial charge on any atom is 0.354 e. The van der Waals surface area contributed by atoms with Crippen LogP contribution in [0.4, 0.5) is 4.39 Å². The molecule has 0 fully saturated rings. The average Bonchev–Trinajstić information content (AvgIpc) is 3.13. The van der Waals surface area contributed by atoms with Crippen molar-refractivity contribution in [2.75, 3.05) is 0 Å². The largest absolute Gasteiger partial charge is 0.477 e. The number of carboxylic acids is 1. The molecule has 2 aromatic carbocycles. The zero-order valence-corrected chi connectivity index (χ0v) is 20.0. The van der Waals surface area contributed by atoms with Crippen LogP contribution < -0.4 is 0 Å². The van der Waals surface area contributed by atoms with E-state index in [0.29, 0.717) is 5.52 Å². The first-order valence-electron chi connectivity index (χ1n) is 9.68. The van der Waals surface area contributed by atoms with Crippen molar-refractivity contribution >= 4 is 33.6 Å². The van der Waals surface area contributed by atoms with Crippen molar-refractivity contribution in [1.29, 1.82) is 0 Å². The van der Waals surface area contributed by atoms with Crippen LogP contribution in [0.25, 0.3) is 27.6 Å². The van der Waals surface area contributed by atoms with Crippen LogP contribution in [0.1, 0.15) is 37.1 Å². The fourth-order valence-electron chi connectivity index (χ4n) is 3.29. The quantitative estimate of drug-likeness (QED) is 0.270. The monoisotopic (exact) mass is 608 g/mol. The Morgan fingerprint density at radius 3 is 2.41 bits per heavy atom. The number of benzene rings is 2. The molecule has 0 spiro atoms. The molecule has 0 saturated carbocycles. The molecule has 0 saturated heterocycles. The Balaban J connectivity index is 0.000000246. The average molecular weight is 608 g/mol. The molecule has 5 rings (SSSR count). The zero-order chi connectivity index (χ0) is 22.2. The number of hydrogen-bond acceptors (Lipinski definition) is 4. The summed E-state index contributed by atoms with van der Waals surface area (Å²) >= 11 is 0. The molecule has 0 aliphatic rings. The Kier molecular flexibility index (Phi) is 6.67. The van der Waals surface area contributed by atoms with E-state index in [9.17, 15) is 9.18 Å². The molecule has 0 aliphatic heterocycles. The van der Waals surface area contributed by atoms with Gasteiger partial charge >= 0.3 is 5.97 Å². The fourth-order valence-corrected chi connectivity index (χ4v) is 3.29. The van der Waals surface area contributed by atoms with E-state index < -0.39 is 5.97 Å². The van der Waals surface area contributed by atoms with Crippen LogP contribution in [-0.4, -0.2) is 30.4 Å². The van der Waals surface area contributed by atoms with Crippen molar-refractivity contribution in [3.63, 3.8) is 0 Å². The molecule has 3 heterocycles. The van der Waals surface area contributed by atoms with Gasteiger partial charge in [-0.1, -0.05) is 50.4 Å². The SMILES string of the molecule is CC(C)(C)c1nc2cc(F)c[c-]c2c2nc3ccccc3n12.O=C(O)c1ccccn1.[Ir]. The molecule has 32 heavy (non-hydrogen) atoms. The number of imidazole rings is 1. The summed E-state index contributed by atoms with van der Waals surface area (Å²) in [4.78, 5) is 23.1. The van der Waals surface area contributed by atoms with Gasteiger partial charge in [0.25, 0.3) is 0 Å². The maximum absolute atomic E-state index is 13.6. The summed E-state index contributed by atoms with van der Waals surface area (Å²) in [5.74, 6) is -0.460. The summed E-state index contributed by atoms with van der Waals surface area (Å²) < 4.78 is 15.6. The number of fused-ring (bicyclic) bond motifs is 5. The smallest absolute Gasteiger partial charge is 0.354 e. The van der Waals surface area contributed by atoms with Gasteiger partial charge in [-0.15, -0.1) is 12.1 Å². The Morgan fingerprint density at radius 2 is 1.78 bits per heavy atom. The molecule has 0 atom stereocenters. The van der Waals surface area contributed by atoms with Crippen molar-refractivity contribution in [3.8, 4) is 0 Å². The van der Waals surface area contributed by atoms with Crippen LogP contribution in [0.3, 0.4) is 0 Å². The molecule has 8 heteroatoms. The number of pyridine rings is 1. The van der Waals surface area contributed by atoms with E-state index in [1.165, 1.54) is 24.4 Å². The van der Waals surface area contributed by atoms with E-state index in [-0.39, 0.29) is 37.0 Å². The van der Waals surface area contributed by atoms with E-state index in [1.807, 2.05) is 24.3 Å². The third-order valence-corrected chi connectivity index (χ3v) is 4.66. The van der Waals surface area contributed by atoms with Gasteiger partial charge in [-0.25, -0.2) is 9.78 Å². The van der Waals surface area contributed by atoms with E-state index in [0.717, 1.165) is 27.9 Å². The first-order chi connectivity index (χ1) is 14.8. The molecule has 1 N–H and O–H groups in total. The Hall–Kier alpha value is -3.22. The number of nitrogens with zero attached hydrogens (tertiary/aromatic N) is 4. The van der Waals surface area contributed by atoms with Gasteiger partial charge in [-0.05, 0) is 29.8 Å². The van der Waals surface area contributed by atoms with Gasteiger partial charge < -0.3 is 9.51 Å². The van der Waals surface area contributed by atoms with Crippen molar-refractivity contribution in [2.24, 2.45) is 0 Å². The summed E-state index contributed by atoms with van der Waals surface area (Å²) in [6.45, 7) is 6.29. The molecule has 3 aromatic heterocycles. The van der Waals surface area contributed by atoms with Gasteiger partial charge in [0.1, 0.15) is 11.5 Å². The summed E-state index contributed by atoms with van der Waals surface area (Å²) in [5.41, 5.74) is 3.17. The molecule has 5 aromatic rings. The van der Waals surface area contributed by atoms with E-state index >= 15 is 0 Å². The topological polar surface area (TPSA) is 80.4 Å². The molecule has 0 unspecified atom stereocenters. The molecular formula is C24H20FIrN4O2-. The van der Waals surface area contributed by atoms with Crippen molar-refractivity contribution < 1.29 is 34.4 Å². The number of aromatic carboxylic acids is 1. The second-order valence-electron chi connectivity index (χ2n) is 8.04. The van der Waals surface area contributed by atoms with Crippen molar-refractivity contribution in [2.45, 2.75) is 26.2 Å². The normalized spacial score (nSPS) is 11.1. The second kappa shape index (κ2) is 9.10.